The van der Waals surface area contributed by atoms with Crippen molar-refractivity contribution in [3.05, 3.63) is 60.6 Å². The summed E-state index contributed by atoms with van der Waals surface area (Å²) in [7, 11) is 1.44. The van der Waals surface area contributed by atoms with Crippen LogP contribution in [-0.2, 0) is 17.8 Å². The van der Waals surface area contributed by atoms with E-state index in [2.05, 4.69) is 6.58 Å². The van der Waals surface area contributed by atoms with Crippen molar-refractivity contribution in [1.82, 2.24) is 4.90 Å². The van der Waals surface area contributed by atoms with E-state index < -0.39 is 25.2 Å². The van der Waals surface area contributed by atoms with E-state index in [1.807, 2.05) is 0 Å². The first-order chi connectivity index (χ1) is 12.8. The lowest BCUT2D eigenvalue weighted by molar-refractivity contribution is -0.164. The smallest absolute Gasteiger partial charge is 0.406 e. The van der Waals surface area contributed by atoms with E-state index in [9.17, 15) is 18.0 Å². The largest absolute Gasteiger partial charge is 0.493 e. The van der Waals surface area contributed by atoms with Crippen molar-refractivity contribution in [3.63, 3.8) is 0 Å². The summed E-state index contributed by atoms with van der Waals surface area (Å²) in [5.74, 6) is 0.0825. The van der Waals surface area contributed by atoms with Gasteiger partial charge in [-0.05, 0) is 36.2 Å². The second kappa shape index (κ2) is 9.16. The van der Waals surface area contributed by atoms with E-state index in [0.29, 0.717) is 17.1 Å². The van der Waals surface area contributed by atoms with Gasteiger partial charge in [-0.25, -0.2) is 0 Å². The third kappa shape index (κ3) is 6.40. The summed E-state index contributed by atoms with van der Waals surface area (Å²) in [6, 6.07) is 8.13. The standard InChI is InChI=1S/C19H20F3NO4/c1-3-5-14-7-8-16(17(10-14)25-2)27-12-18(24)23(13-19(20,21)22)11-15-6-4-9-26-15/h3-4,6-10H,1,5,11-13H2,2H3. The third-order valence-electron chi connectivity index (χ3n) is 3.61. The molecule has 27 heavy (non-hydrogen) atoms. The highest BCUT2D eigenvalue weighted by molar-refractivity contribution is 5.78. The normalized spacial score (nSPS) is 11.1. The van der Waals surface area contributed by atoms with Crippen LogP contribution in [0.25, 0.3) is 0 Å². The van der Waals surface area contributed by atoms with Crippen LogP contribution in [0.3, 0.4) is 0 Å². The van der Waals surface area contributed by atoms with Crippen molar-refractivity contribution in [2.24, 2.45) is 0 Å². The number of halogens is 3. The Morgan fingerprint density at radius 3 is 2.67 bits per heavy atom. The maximum atomic E-state index is 12.8. The van der Waals surface area contributed by atoms with Gasteiger partial charge in [0.15, 0.2) is 18.1 Å². The lowest BCUT2D eigenvalue weighted by atomic mass is 10.1. The topological polar surface area (TPSA) is 51.9 Å². The average Bonchev–Trinajstić information content (AvgIpc) is 3.11. The minimum atomic E-state index is -4.54. The number of nitrogens with zero attached hydrogens (tertiary/aromatic N) is 1. The molecule has 0 spiro atoms. The van der Waals surface area contributed by atoms with Gasteiger partial charge in [0, 0.05) is 0 Å². The number of alkyl halides is 3. The molecule has 0 unspecified atom stereocenters. The molecule has 1 amide bonds. The molecule has 0 aliphatic carbocycles. The number of benzene rings is 1. The summed E-state index contributed by atoms with van der Waals surface area (Å²) >= 11 is 0. The Bertz CT molecular complexity index is 757. The van der Waals surface area contributed by atoms with Crippen LogP contribution in [0.1, 0.15) is 11.3 Å². The summed E-state index contributed by atoms with van der Waals surface area (Å²) in [4.78, 5) is 12.9. The van der Waals surface area contributed by atoms with Crippen molar-refractivity contribution in [2.45, 2.75) is 19.1 Å². The number of carbonyl (C=O) groups excluding carboxylic acids is 1. The summed E-state index contributed by atoms with van der Waals surface area (Å²) in [6.07, 6.45) is -0.857. The molecule has 1 aromatic heterocycles. The van der Waals surface area contributed by atoms with Gasteiger partial charge in [-0.2, -0.15) is 13.2 Å². The second-order valence-electron chi connectivity index (χ2n) is 5.71. The Labute approximate surface area is 155 Å². The number of methoxy groups -OCH3 is 1. The van der Waals surface area contributed by atoms with Crippen molar-refractivity contribution in [1.29, 1.82) is 0 Å². The van der Waals surface area contributed by atoms with Gasteiger partial charge in [0.05, 0.1) is 19.9 Å². The molecule has 5 nitrogen and oxygen atoms in total. The number of rotatable bonds is 9. The first kappa shape index (κ1) is 20.4. The first-order valence-corrected chi connectivity index (χ1v) is 8.10. The summed E-state index contributed by atoms with van der Waals surface area (Å²) < 4.78 is 54.0. The number of ether oxygens (including phenoxy) is 2. The number of furan rings is 1. The van der Waals surface area contributed by atoms with Crippen LogP contribution in [0.15, 0.2) is 53.7 Å². The van der Waals surface area contributed by atoms with Gasteiger partial charge in [0.1, 0.15) is 12.3 Å². The number of hydrogen-bond acceptors (Lipinski definition) is 4. The van der Waals surface area contributed by atoms with E-state index in [1.165, 1.54) is 25.5 Å². The van der Waals surface area contributed by atoms with Gasteiger partial charge in [-0.3, -0.25) is 4.79 Å². The van der Waals surface area contributed by atoms with Crippen LogP contribution in [0.5, 0.6) is 11.5 Å². The first-order valence-electron chi connectivity index (χ1n) is 8.10. The SMILES string of the molecule is C=CCc1ccc(OCC(=O)N(Cc2ccco2)CC(F)(F)F)c(OC)c1. The van der Waals surface area contributed by atoms with E-state index >= 15 is 0 Å². The Kier molecular flexibility index (Phi) is 6.92. The quantitative estimate of drug-likeness (QED) is 0.615. The van der Waals surface area contributed by atoms with Gasteiger partial charge >= 0.3 is 6.18 Å². The van der Waals surface area contributed by atoms with Crippen LogP contribution in [0.2, 0.25) is 0 Å². The second-order valence-corrected chi connectivity index (χ2v) is 5.71. The lowest BCUT2D eigenvalue weighted by Crippen LogP contribution is -2.40. The number of allylic oxidation sites excluding steroid dienone is 1. The molecule has 8 heteroatoms. The van der Waals surface area contributed by atoms with Crippen LogP contribution >= 0.6 is 0 Å². The summed E-state index contributed by atoms with van der Waals surface area (Å²) in [6.45, 7) is 1.39. The third-order valence-corrected chi connectivity index (χ3v) is 3.61. The van der Waals surface area contributed by atoms with Crippen molar-refractivity contribution in [3.8, 4) is 11.5 Å². The molecule has 2 aromatic rings. The van der Waals surface area contributed by atoms with Crippen molar-refractivity contribution in [2.75, 3.05) is 20.3 Å². The highest BCUT2D eigenvalue weighted by Crippen LogP contribution is 2.28. The Balaban J connectivity index is 2.07. The maximum Gasteiger partial charge on any atom is 0.406 e. The van der Waals surface area contributed by atoms with E-state index in [1.54, 1.807) is 24.3 Å². The number of carbonyl (C=O) groups is 1. The van der Waals surface area contributed by atoms with E-state index in [-0.39, 0.29) is 18.1 Å². The van der Waals surface area contributed by atoms with Crippen molar-refractivity contribution < 1.29 is 31.9 Å². The van der Waals surface area contributed by atoms with Crippen LogP contribution in [0, 0.1) is 0 Å². The zero-order chi connectivity index (χ0) is 19.9. The van der Waals surface area contributed by atoms with Gasteiger partial charge in [0.25, 0.3) is 5.91 Å². The molecule has 0 aliphatic heterocycles. The average molecular weight is 383 g/mol. The molecule has 0 N–H and O–H groups in total. The molecule has 0 aliphatic rings. The highest BCUT2D eigenvalue weighted by atomic mass is 19.4. The molecule has 0 bridgehead atoms. The Morgan fingerprint density at radius 2 is 2.07 bits per heavy atom. The van der Waals surface area contributed by atoms with Gasteiger partial charge in [-0.1, -0.05) is 12.1 Å². The van der Waals surface area contributed by atoms with Crippen LogP contribution in [0.4, 0.5) is 13.2 Å². The molecule has 0 atom stereocenters. The zero-order valence-electron chi connectivity index (χ0n) is 14.8. The lowest BCUT2D eigenvalue weighted by Gasteiger charge is -2.23. The van der Waals surface area contributed by atoms with E-state index in [0.717, 1.165) is 5.56 Å². The molecule has 146 valence electrons. The van der Waals surface area contributed by atoms with Gasteiger partial charge in [0.2, 0.25) is 0 Å². The maximum absolute atomic E-state index is 12.8. The fraction of sp³-hybridized carbons (Fsp3) is 0.316. The predicted molar refractivity (Wildman–Crippen MR) is 92.6 cm³/mol. The minimum absolute atomic E-state index is 0.249. The Hall–Kier alpha value is -2.90. The minimum Gasteiger partial charge on any atom is -0.493 e. The van der Waals surface area contributed by atoms with E-state index in [4.69, 9.17) is 13.9 Å². The summed E-state index contributed by atoms with van der Waals surface area (Å²) in [5.41, 5.74) is 0.928. The molecular weight excluding hydrogens is 363 g/mol. The zero-order valence-corrected chi connectivity index (χ0v) is 14.8. The molecule has 0 radical (unpaired) electrons. The predicted octanol–water partition coefficient (Wildman–Crippen LogP) is 3.99. The van der Waals surface area contributed by atoms with Crippen LogP contribution in [-0.4, -0.2) is 37.2 Å². The van der Waals surface area contributed by atoms with Gasteiger partial charge in [-0.15, -0.1) is 6.58 Å². The fourth-order valence-corrected chi connectivity index (χ4v) is 2.39. The molecule has 0 saturated heterocycles. The fourth-order valence-electron chi connectivity index (χ4n) is 2.39. The Morgan fingerprint density at radius 1 is 1.30 bits per heavy atom. The number of amides is 1. The molecule has 1 heterocycles. The molecule has 0 fully saturated rings. The van der Waals surface area contributed by atoms with Gasteiger partial charge < -0.3 is 18.8 Å². The molecule has 1 aromatic carbocycles. The van der Waals surface area contributed by atoms with Crippen LogP contribution < -0.4 is 9.47 Å². The highest BCUT2D eigenvalue weighted by Gasteiger charge is 2.33. The molecule has 2 rings (SSSR count). The summed E-state index contributed by atoms with van der Waals surface area (Å²) in [5, 5.41) is 0. The monoisotopic (exact) mass is 383 g/mol. The molecular formula is C19H20F3NO4. The molecule has 0 saturated carbocycles. The van der Waals surface area contributed by atoms with Crippen molar-refractivity contribution >= 4 is 5.91 Å². The number of hydrogen-bond donors (Lipinski definition) is 0.